The summed E-state index contributed by atoms with van der Waals surface area (Å²) in [6.45, 7) is 6.98. The molecule has 3 atom stereocenters. The zero-order valence-electron chi connectivity index (χ0n) is 14.5. The third-order valence-electron chi connectivity index (χ3n) is 4.81. The Balaban J connectivity index is 1.92. The number of benzene rings is 1. The maximum absolute atomic E-state index is 12.5. The van der Waals surface area contributed by atoms with Crippen LogP contribution in [0.5, 0.6) is 5.75 Å². The third kappa shape index (κ3) is 4.96. The summed E-state index contributed by atoms with van der Waals surface area (Å²) in [5, 5.41) is 9.63. The molecule has 0 heterocycles. The molecule has 0 spiro atoms. The molecule has 1 amide bonds. The average molecular weight is 319 g/mol. The molecule has 4 heteroatoms. The molecule has 0 bridgehead atoms. The van der Waals surface area contributed by atoms with Gasteiger partial charge in [0.2, 0.25) is 5.91 Å². The molecule has 1 saturated carbocycles. The van der Waals surface area contributed by atoms with Gasteiger partial charge in [-0.3, -0.25) is 4.79 Å². The monoisotopic (exact) mass is 319 g/mol. The molecule has 1 aromatic rings. The standard InChI is InChI=1S/C19H29NO3/c1-4-20(15(3)16-8-6-9-17(21)12-16)19(22)13-23-18-10-5-7-14(2)11-18/h6,8-9,12,14-15,18,21H,4-5,7,10-11,13H2,1-3H3/t14-,15-,18-/m1/s1. The van der Waals surface area contributed by atoms with E-state index in [4.69, 9.17) is 4.74 Å². The zero-order chi connectivity index (χ0) is 16.8. The highest BCUT2D eigenvalue weighted by molar-refractivity contribution is 5.78. The number of carbonyl (C=O) groups excluding carboxylic acids is 1. The van der Waals surface area contributed by atoms with Crippen molar-refractivity contribution < 1.29 is 14.6 Å². The van der Waals surface area contributed by atoms with Crippen LogP contribution in [0.4, 0.5) is 0 Å². The second kappa shape index (κ2) is 8.34. The molecule has 1 aromatic carbocycles. The average Bonchev–Trinajstić information content (AvgIpc) is 2.53. The first-order valence-corrected chi connectivity index (χ1v) is 8.71. The van der Waals surface area contributed by atoms with E-state index in [2.05, 4.69) is 6.92 Å². The van der Waals surface area contributed by atoms with Gasteiger partial charge in [-0.25, -0.2) is 0 Å². The van der Waals surface area contributed by atoms with Gasteiger partial charge in [-0.15, -0.1) is 0 Å². The first-order chi connectivity index (χ1) is 11.0. The number of phenols is 1. The summed E-state index contributed by atoms with van der Waals surface area (Å²) in [7, 11) is 0. The molecule has 0 saturated heterocycles. The SMILES string of the molecule is CCN(C(=O)CO[C@@H]1CCC[C@@H](C)C1)[C@H](C)c1cccc(O)c1. The van der Waals surface area contributed by atoms with Gasteiger partial charge in [-0.05, 0) is 50.3 Å². The lowest BCUT2D eigenvalue weighted by molar-refractivity contribution is -0.141. The fourth-order valence-electron chi connectivity index (χ4n) is 3.43. The predicted octanol–water partition coefficient (Wildman–Crippen LogP) is 3.90. The molecule has 0 aliphatic heterocycles. The maximum Gasteiger partial charge on any atom is 0.249 e. The molecule has 1 N–H and O–H groups in total. The Kier molecular flexibility index (Phi) is 6.46. The smallest absolute Gasteiger partial charge is 0.249 e. The Morgan fingerprint density at radius 3 is 2.87 bits per heavy atom. The lowest BCUT2D eigenvalue weighted by Crippen LogP contribution is -2.37. The van der Waals surface area contributed by atoms with Gasteiger partial charge < -0.3 is 14.7 Å². The van der Waals surface area contributed by atoms with Crippen molar-refractivity contribution in [3.63, 3.8) is 0 Å². The Hall–Kier alpha value is -1.55. The molecule has 0 aromatic heterocycles. The summed E-state index contributed by atoms with van der Waals surface area (Å²) in [6.07, 6.45) is 4.80. The summed E-state index contributed by atoms with van der Waals surface area (Å²) in [4.78, 5) is 14.3. The molecule has 1 aliphatic rings. The van der Waals surface area contributed by atoms with Crippen LogP contribution in [0.2, 0.25) is 0 Å². The molecule has 128 valence electrons. The van der Waals surface area contributed by atoms with Gasteiger partial charge in [0.1, 0.15) is 12.4 Å². The molecule has 0 unspecified atom stereocenters. The molecule has 1 fully saturated rings. The lowest BCUT2D eigenvalue weighted by atomic mass is 9.89. The van der Waals surface area contributed by atoms with E-state index in [-0.39, 0.29) is 30.4 Å². The normalized spacial score (nSPS) is 22.6. The van der Waals surface area contributed by atoms with Crippen LogP contribution in [0.25, 0.3) is 0 Å². The van der Waals surface area contributed by atoms with Crippen LogP contribution in [0.15, 0.2) is 24.3 Å². The van der Waals surface area contributed by atoms with Crippen LogP contribution < -0.4 is 0 Å². The fourth-order valence-corrected chi connectivity index (χ4v) is 3.43. The van der Waals surface area contributed by atoms with Crippen molar-refractivity contribution in [2.45, 2.75) is 58.6 Å². The summed E-state index contributed by atoms with van der Waals surface area (Å²) in [6, 6.07) is 7.02. The first kappa shape index (κ1) is 17.8. The minimum absolute atomic E-state index is 0.0153. The zero-order valence-corrected chi connectivity index (χ0v) is 14.5. The van der Waals surface area contributed by atoms with Gasteiger partial charge >= 0.3 is 0 Å². The second-order valence-corrected chi connectivity index (χ2v) is 6.66. The number of likely N-dealkylation sites (N-methyl/N-ethyl adjacent to an activating group) is 1. The van der Waals surface area contributed by atoms with Crippen LogP contribution in [0.3, 0.4) is 0 Å². The van der Waals surface area contributed by atoms with Crippen LogP contribution in [-0.2, 0) is 9.53 Å². The number of phenolic OH excluding ortho intramolecular Hbond substituents is 1. The number of nitrogens with zero attached hydrogens (tertiary/aromatic N) is 1. The van der Waals surface area contributed by atoms with E-state index >= 15 is 0 Å². The number of hydrogen-bond donors (Lipinski definition) is 1. The number of rotatable bonds is 6. The van der Waals surface area contributed by atoms with Gasteiger partial charge in [0, 0.05) is 6.54 Å². The van der Waals surface area contributed by atoms with Gasteiger partial charge in [0.05, 0.1) is 12.1 Å². The topological polar surface area (TPSA) is 49.8 Å². The van der Waals surface area contributed by atoms with E-state index in [0.717, 1.165) is 18.4 Å². The number of aromatic hydroxyl groups is 1. The van der Waals surface area contributed by atoms with Crippen LogP contribution >= 0.6 is 0 Å². The molecular weight excluding hydrogens is 290 g/mol. The molecule has 2 rings (SSSR count). The second-order valence-electron chi connectivity index (χ2n) is 6.66. The van der Waals surface area contributed by atoms with Gasteiger partial charge in [-0.1, -0.05) is 31.9 Å². The maximum atomic E-state index is 12.5. The molecule has 23 heavy (non-hydrogen) atoms. The molecular formula is C19H29NO3. The summed E-state index contributed by atoms with van der Waals surface area (Å²) in [5.41, 5.74) is 0.937. The van der Waals surface area contributed by atoms with E-state index in [1.54, 1.807) is 23.1 Å². The van der Waals surface area contributed by atoms with Gasteiger partial charge in [0.25, 0.3) is 0 Å². The summed E-state index contributed by atoms with van der Waals surface area (Å²) in [5.74, 6) is 0.934. The molecule has 1 aliphatic carbocycles. The number of carbonyl (C=O) groups is 1. The van der Waals surface area contributed by atoms with E-state index in [0.29, 0.717) is 12.5 Å². The van der Waals surface area contributed by atoms with E-state index in [9.17, 15) is 9.90 Å². The van der Waals surface area contributed by atoms with Crippen molar-refractivity contribution in [3.05, 3.63) is 29.8 Å². The number of amides is 1. The third-order valence-corrected chi connectivity index (χ3v) is 4.81. The van der Waals surface area contributed by atoms with Crippen molar-refractivity contribution in [3.8, 4) is 5.75 Å². The number of ether oxygens (including phenoxy) is 1. The van der Waals surface area contributed by atoms with Crippen molar-refractivity contribution in [1.82, 2.24) is 4.90 Å². The minimum atomic E-state index is -0.0755. The van der Waals surface area contributed by atoms with Crippen molar-refractivity contribution >= 4 is 5.91 Å². The van der Waals surface area contributed by atoms with Crippen molar-refractivity contribution in [2.24, 2.45) is 5.92 Å². The molecule has 4 nitrogen and oxygen atoms in total. The fraction of sp³-hybridized carbons (Fsp3) is 0.632. The van der Waals surface area contributed by atoms with E-state index in [1.807, 2.05) is 19.9 Å². The van der Waals surface area contributed by atoms with E-state index in [1.165, 1.54) is 12.8 Å². The van der Waals surface area contributed by atoms with Crippen molar-refractivity contribution in [2.75, 3.05) is 13.2 Å². The summed E-state index contributed by atoms with van der Waals surface area (Å²) < 4.78 is 5.87. The highest BCUT2D eigenvalue weighted by Crippen LogP contribution is 2.26. The van der Waals surface area contributed by atoms with Crippen LogP contribution in [-0.4, -0.2) is 35.2 Å². The Labute approximate surface area is 139 Å². The predicted molar refractivity (Wildman–Crippen MR) is 91.3 cm³/mol. The Morgan fingerprint density at radius 2 is 2.22 bits per heavy atom. The van der Waals surface area contributed by atoms with Crippen molar-refractivity contribution in [1.29, 1.82) is 0 Å². The van der Waals surface area contributed by atoms with Gasteiger partial charge in [-0.2, -0.15) is 0 Å². The first-order valence-electron chi connectivity index (χ1n) is 8.71. The highest BCUT2D eigenvalue weighted by Gasteiger charge is 2.24. The van der Waals surface area contributed by atoms with E-state index < -0.39 is 0 Å². The van der Waals surface area contributed by atoms with Crippen LogP contribution in [0, 0.1) is 5.92 Å². The minimum Gasteiger partial charge on any atom is -0.508 e. The lowest BCUT2D eigenvalue weighted by Gasteiger charge is -2.31. The van der Waals surface area contributed by atoms with Gasteiger partial charge in [0.15, 0.2) is 0 Å². The quantitative estimate of drug-likeness (QED) is 0.865. The Bertz CT molecular complexity index is 517. The largest absolute Gasteiger partial charge is 0.508 e. The molecule has 0 radical (unpaired) electrons. The van der Waals surface area contributed by atoms with Crippen LogP contribution in [0.1, 0.15) is 58.1 Å². The number of hydrogen-bond acceptors (Lipinski definition) is 3. The summed E-state index contributed by atoms with van der Waals surface area (Å²) >= 11 is 0. The Morgan fingerprint density at radius 1 is 1.43 bits per heavy atom. The highest BCUT2D eigenvalue weighted by atomic mass is 16.5.